The Labute approximate surface area is 179 Å². The Bertz CT molecular complexity index is 858. The van der Waals surface area contributed by atoms with Crippen molar-refractivity contribution in [3.05, 3.63) is 35.5 Å². The number of methoxy groups -OCH3 is 2. The Morgan fingerprint density at radius 3 is 2.60 bits per heavy atom. The second-order valence-electron chi connectivity index (χ2n) is 9.23. The number of piperidine rings is 1. The summed E-state index contributed by atoms with van der Waals surface area (Å²) in [5.74, 6) is 3.58. The molecule has 164 valence electrons. The number of aromatic nitrogens is 2. The van der Waals surface area contributed by atoms with Gasteiger partial charge in [0.2, 0.25) is 5.89 Å². The third-order valence-corrected chi connectivity index (χ3v) is 6.80. The molecule has 2 aliphatic rings. The number of hydrogen-bond acceptors (Lipinski definition) is 7. The summed E-state index contributed by atoms with van der Waals surface area (Å²) in [6, 6.07) is 6.35. The van der Waals surface area contributed by atoms with Gasteiger partial charge in [-0.3, -0.25) is 9.80 Å². The van der Waals surface area contributed by atoms with Crippen LogP contribution < -0.4 is 9.47 Å². The molecule has 0 saturated carbocycles. The van der Waals surface area contributed by atoms with Gasteiger partial charge in [-0.15, -0.1) is 0 Å². The van der Waals surface area contributed by atoms with E-state index in [0.717, 1.165) is 55.8 Å². The molecule has 1 unspecified atom stereocenters. The summed E-state index contributed by atoms with van der Waals surface area (Å²) in [6.07, 6.45) is 3.50. The third kappa shape index (κ3) is 4.18. The molecule has 2 fully saturated rings. The van der Waals surface area contributed by atoms with Crippen LogP contribution in [0.15, 0.2) is 22.7 Å². The summed E-state index contributed by atoms with van der Waals surface area (Å²) < 4.78 is 16.4. The zero-order valence-corrected chi connectivity index (χ0v) is 18.9. The summed E-state index contributed by atoms with van der Waals surface area (Å²) >= 11 is 0. The molecular formula is C23H34N4O3. The zero-order valence-electron chi connectivity index (χ0n) is 18.9. The molecule has 0 N–H and O–H groups in total. The van der Waals surface area contributed by atoms with Gasteiger partial charge in [0.05, 0.1) is 20.3 Å². The first kappa shape index (κ1) is 21.1. The predicted molar refractivity (Wildman–Crippen MR) is 115 cm³/mol. The van der Waals surface area contributed by atoms with Crippen molar-refractivity contribution in [1.29, 1.82) is 0 Å². The fourth-order valence-corrected chi connectivity index (χ4v) is 4.95. The quantitative estimate of drug-likeness (QED) is 0.711. The Hall–Kier alpha value is -2.12. The van der Waals surface area contributed by atoms with Crippen molar-refractivity contribution in [1.82, 2.24) is 19.9 Å². The monoisotopic (exact) mass is 414 g/mol. The number of benzene rings is 1. The maximum atomic E-state index is 5.58. The van der Waals surface area contributed by atoms with Crippen molar-refractivity contribution >= 4 is 0 Å². The molecule has 2 aromatic rings. The molecule has 0 amide bonds. The maximum Gasteiger partial charge on any atom is 0.229 e. The highest BCUT2D eigenvalue weighted by Gasteiger charge is 2.46. The SMILES string of the molecule is COc1ccc(CN2CCC3(CC2)CC(c2noc(C(C)C)n2)N(C)C3)c(OC)c1. The molecule has 4 rings (SSSR count). The number of likely N-dealkylation sites (tertiary alicyclic amines) is 2. The number of ether oxygens (including phenoxy) is 2. The van der Waals surface area contributed by atoms with Gasteiger partial charge in [0, 0.05) is 30.6 Å². The molecule has 1 atom stereocenters. The van der Waals surface area contributed by atoms with Crippen LogP contribution in [0.25, 0.3) is 0 Å². The van der Waals surface area contributed by atoms with Crippen LogP contribution in [-0.2, 0) is 6.54 Å². The second-order valence-corrected chi connectivity index (χ2v) is 9.23. The fraction of sp³-hybridized carbons (Fsp3) is 0.652. The van der Waals surface area contributed by atoms with Crippen LogP contribution in [0, 0.1) is 5.41 Å². The highest BCUT2D eigenvalue weighted by molar-refractivity contribution is 5.40. The minimum absolute atomic E-state index is 0.259. The van der Waals surface area contributed by atoms with Crippen molar-refractivity contribution in [2.45, 2.75) is 51.6 Å². The van der Waals surface area contributed by atoms with Gasteiger partial charge in [0.25, 0.3) is 0 Å². The summed E-state index contributed by atoms with van der Waals surface area (Å²) in [7, 11) is 5.60. The van der Waals surface area contributed by atoms with E-state index in [1.54, 1.807) is 14.2 Å². The molecule has 7 heteroatoms. The lowest BCUT2D eigenvalue weighted by molar-refractivity contribution is 0.105. The number of nitrogens with zero attached hydrogens (tertiary/aromatic N) is 4. The van der Waals surface area contributed by atoms with Crippen molar-refractivity contribution in [2.24, 2.45) is 5.41 Å². The van der Waals surface area contributed by atoms with Crippen LogP contribution in [-0.4, -0.2) is 60.8 Å². The summed E-state index contributed by atoms with van der Waals surface area (Å²) in [5.41, 5.74) is 1.56. The standard InChI is InChI=1S/C23H34N4O3/c1-16(2)22-24-21(25-30-22)19-13-23(15-26(19)3)8-10-27(11-9-23)14-17-6-7-18(28-4)12-20(17)29-5/h6-7,12,16,19H,8-11,13-15H2,1-5H3. The van der Waals surface area contributed by atoms with Crippen LogP contribution in [0.3, 0.4) is 0 Å². The molecule has 2 saturated heterocycles. The highest BCUT2D eigenvalue weighted by Crippen LogP contribution is 2.48. The van der Waals surface area contributed by atoms with Crippen molar-refractivity contribution in [2.75, 3.05) is 40.9 Å². The smallest absolute Gasteiger partial charge is 0.229 e. The molecular weight excluding hydrogens is 380 g/mol. The lowest BCUT2D eigenvalue weighted by atomic mass is 9.76. The first-order chi connectivity index (χ1) is 14.4. The molecule has 1 spiro atoms. The van der Waals surface area contributed by atoms with E-state index in [-0.39, 0.29) is 12.0 Å². The van der Waals surface area contributed by atoms with Gasteiger partial charge < -0.3 is 14.0 Å². The van der Waals surface area contributed by atoms with Gasteiger partial charge in [-0.05, 0) is 50.9 Å². The van der Waals surface area contributed by atoms with E-state index >= 15 is 0 Å². The average Bonchev–Trinajstić information content (AvgIpc) is 3.35. The topological polar surface area (TPSA) is 63.9 Å². The Morgan fingerprint density at radius 1 is 1.20 bits per heavy atom. The molecule has 7 nitrogen and oxygen atoms in total. The lowest BCUT2D eigenvalue weighted by Crippen LogP contribution is -2.40. The van der Waals surface area contributed by atoms with Crippen LogP contribution in [0.1, 0.15) is 62.3 Å². The molecule has 3 heterocycles. The summed E-state index contributed by atoms with van der Waals surface area (Å²) in [6.45, 7) is 8.38. The van der Waals surface area contributed by atoms with E-state index in [9.17, 15) is 0 Å². The lowest BCUT2D eigenvalue weighted by Gasteiger charge is -2.39. The van der Waals surface area contributed by atoms with Crippen LogP contribution >= 0.6 is 0 Å². The van der Waals surface area contributed by atoms with E-state index in [4.69, 9.17) is 14.0 Å². The predicted octanol–water partition coefficient (Wildman–Crippen LogP) is 3.87. The van der Waals surface area contributed by atoms with E-state index < -0.39 is 0 Å². The molecule has 2 aliphatic heterocycles. The minimum atomic E-state index is 0.259. The Kier molecular flexibility index (Phi) is 6.02. The Balaban J connectivity index is 1.38. The average molecular weight is 415 g/mol. The van der Waals surface area contributed by atoms with Gasteiger partial charge in [-0.1, -0.05) is 25.1 Å². The first-order valence-corrected chi connectivity index (χ1v) is 10.9. The minimum Gasteiger partial charge on any atom is -0.497 e. The van der Waals surface area contributed by atoms with Crippen LogP contribution in [0.5, 0.6) is 11.5 Å². The second kappa shape index (κ2) is 8.55. The van der Waals surface area contributed by atoms with Crippen molar-refractivity contribution < 1.29 is 14.0 Å². The van der Waals surface area contributed by atoms with E-state index in [1.807, 2.05) is 12.1 Å². The highest BCUT2D eigenvalue weighted by atomic mass is 16.5. The number of hydrogen-bond donors (Lipinski definition) is 0. The molecule has 0 radical (unpaired) electrons. The van der Waals surface area contributed by atoms with Crippen molar-refractivity contribution in [3.63, 3.8) is 0 Å². The summed E-state index contributed by atoms with van der Waals surface area (Å²) in [4.78, 5) is 9.62. The van der Waals surface area contributed by atoms with Gasteiger partial charge in [0.15, 0.2) is 5.82 Å². The first-order valence-electron chi connectivity index (χ1n) is 10.9. The van der Waals surface area contributed by atoms with Gasteiger partial charge in [-0.25, -0.2) is 0 Å². The normalized spacial score (nSPS) is 22.1. The van der Waals surface area contributed by atoms with Crippen LogP contribution in [0.2, 0.25) is 0 Å². The largest absolute Gasteiger partial charge is 0.497 e. The summed E-state index contributed by atoms with van der Waals surface area (Å²) in [5, 5.41) is 4.29. The molecule has 0 aliphatic carbocycles. The van der Waals surface area contributed by atoms with Gasteiger partial charge in [-0.2, -0.15) is 4.98 Å². The van der Waals surface area contributed by atoms with Gasteiger partial charge in [0.1, 0.15) is 11.5 Å². The Morgan fingerprint density at radius 2 is 1.97 bits per heavy atom. The third-order valence-electron chi connectivity index (χ3n) is 6.80. The molecule has 1 aromatic carbocycles. The van der Waals surface area contributed by atoms with E-state index in [0.29, 0.717) is 5.41 Å². The molecule has 0 bridgehead atoms. The van der Waals surface area contributed by atoms with E-state index in [1.165, 1.54) is 18.4 Å². The van der Waals surface area contributed by atoms with Gasteiger partial charge >= 0.3 is 0 Å². The maximum absolute atomic E-state index is 5.58. The van der Waals surface area contributed by atoms with Crippen LogP contribution in [0.4, 0.5) is 0 Å². The van der Waals surface area contributed by atoms with E-state index in [2.05, 4.69) is 46.9 Å². The van der Waals surface area contributed by atoms with Crippen molar-refractivity contribution in [3.8, 4) is 11.5 Å². The fourth-order valence-electron chi connectivity index (χ4n) is 4.95. The zero-order chi connectivity index (χ0) is 21.3. The number of rotatable bonds is 6. The molecule has 30 heavy (non-hydrogen) atoms. The molecule has 1 aromatic heterocycles.